The topological polar surface area (TPSA) is 65.1 Å². The van der Waals surface area contributed by atoms with E-state index in [1.807, 2.05) is 30.3 Å². The van der Waals surface area contributed by atoms with E-state index in [1.165, 1.54) is 4.90 Å². The molecule has 1 amide bonds. The van der Waals surface area contributed by atoms with Crippen LogP contribution in [0.3, 0.4) is 0 Å². The number of ether oxygens (including phenoxy) is 3. The highest BCUT2D eigenvalue weighted by atomic mass is 16.5. The van der Waals surface area contributed by atoms with Crippen molar-refractivity contribution in [2.24, 2.45) is 0 Å². The maximum atomic E-state index is 12.5. The van der Waals surface area contributed by atoms with Crippen LogP contribution >= 0.6 is 0 Å². The van der Waals surface area contributed by atoms with Crippen molar-refractivity contribution in [1.82, 2.24) is 0 Å². The molecule has 1 fully saturated rings. The highest BCUT2D eigenvalue weighted by Gasteiger charge is 2.23. The molecule has 2 aromatic rings. The number of para-hydroxylation sites is 1. The van der Waals surface area contributed by atoms with Crippen molar-refractivity contribution in [2.45, 2.75) is 32.0 Å². The minimum absolute atomic E-state index is 0.137. The molecule has 0 bridgehead atoms. The van der Waals surface area contributed by atoms with Crippen LogP contribution < -0.4 is 9.64 Å². The summed E-state index contributed by atoms with van der Waals surface area (Å²) in [5, 5.41) is 0. The van der Waals surface area contributed by atoms with Gasteiger partial charge in [-0.15, -0.1) is 0 Å². The molecular weight excluding hydrogens is 358 g/mol. The predicted molar refractivity (Wildman–Crippen MR) is 106 cm³/mol. The number of anilines is 1. The fraction of sp³-hybridized carbons (Fsp3) is 0.364. The highest BCUT2D eigenvalue weighted by molar-refractivity contribution is 5.98. The van der Waals surface area contributed by atoms with Crippen LogP contribution in [-0.4, -0.2) is 44.3 Å². The predicted octanol–water partition coefficient (Wildman–Crippen LogP) is 3.45. The first-order valence-corrected chi connectivity index (χ1v) is 9.42. The van der Waals surface area contributed by atoms with Crippen molar-refractivity contribution < 1.29 is 23.8 Å². The SMILES string of the molecule is C[C@@H](OC(=O)c1ccc(OC[C@H]2CCCO2)cc1)C(=O)N(C)c1ccccc1. The van der Waals surface area contributed by atoms with Crippen molar-refractivity contribution in [3.63, 3.8) is 0 Å². The summed E-state index contributed by atoms with van der Waals surface area (Å²) in [5.74, 6) is -0.177. The van der Waals surface area contributed by atoms with Gasteiger partial charge in [0.05, 0.1) is 11.7 Å². The van der Waals surface area contributed by atoms with Crippen LogP contribution in [0.25, 0.3) is 0 Å². The molecule has 2 atom stereocenters. The van der Waals surface area contributed by atoms with Crippen molar-refractivity contribution >= 4 is 17.6 Å². The minimum atomic E-state index is -0.895. The molecule has 1 aliphatic rings. The van der Waals surface area contributed by atoms with Gasteiger partial charge < -0.3 is 19.1 Å². The van der Waals surface area contributed by atoms with Gasteiger partial charge in [0.15, 0.2) is 6.10 Å². The van der Waals surface area contributed by atoms with Crippen LogP contribution in [0.2, 0.25) is 0 Å². The highest BCUT2D eigenvalue weighted by Crippen LogP contribution is 2.18. The molecule has 28 heavy (non-hydrogen) atoms. The molecule has 3 rings (SSSR count). The van der Waals surface area contributed by atoms with Gasteiger partial charge in [-0.1, -0.05) is 18.2 Å². The molecule has 1 heterocycles. The Hall–Kier alpha value is -2.86. The van der Waals surface area contributed by atoms with E-state index in [2.05, 4.69) is 0 Å². The number of rotatable bonds is 7. The standard InChI is InChI=1S/C22H25NO5/c1-16(21(24)23(2)18-7-4-3-5-8-18)28-22(25)17-10-12-19(13-11-17)27-15-20-9-6-14-26-20/h3-5,7-8,10-13,16,20H,6,9,14-15H2,1-2H3/t16-,20-/m1/s1. The molecule has 0 saturated carbocycles. The summed E-state index contributed by atoms with van der Waals surface area (Å²) in [6.45, 7) is 2.86. The number of hydrogen-bond donors (Lipinski definition) is 0. The van der Waals surface area contributed by atoms with E-state index < -0.39 is 12.1 Å². The first-order chi connectivity index (χ1) is 13.5. The van der Waals surface area contributed by atoms with E-state index >= 15 is 0 Å². The molecule has 0 N–H and O–H groups in total. The van der Waals surface area contributed by atoms with E-state index in [-0.39, 0.29) is 12.0 Å². The summed E-state index contributed by atoms with van der Waals surface area (Å²) in [4.78, 5) is 26.3. The van der Waals surface area contributed by atoms with E-state index in [1.54, 1.807) is 38.2 Å². The number of hydrogen-bond acceptors (Lipinski definition) is 5. The second kappa shape index (κ2) is 9.37. The van der Waals surface area contributed by atoms with Gasteiger partial charge in [0.25, 0.3) is 5.91 Å². The molecule has 0 unspecified atom stereocenters. The molecule has 1 aliphatic heterocycles. The van der Waals surface area contributed by atoms with Crippen molar-refractivity contribution in [3.05, 3.63) is 60.2 Å². The number of nitrogens with zero attached hydrogens (tertiary/aromatic N) is 1. The van der Waals surface area contributed by atoms with Crippen LogP contribution in [0.1, 0.15) is 30.1 Å². The Labute approximate surface area is 165 Å². The fourth-order valence-electron chi connectivity index (χ4n) is 2.98. The summed E-state index contributed by atoms with van der Waals surface area (Å²) in [5.41, 5.74) is 1.11. The Bertz CT molecular complexity index is 784. The Morgan fingerprint density at radius 3 is 2.50 bits per heavy atom. The third kappa shape index (κ3) is 5.10. The number of carbonyl (C=O) groups excluding carboxylic acids is 2. The Kier molecular flexibility index (Phi) is 6.66. The third-order valence-corrected chi connectivity index (χ3v) is 4.66. The van der Waals surface area contributed by atoms with Gasteiger partial charge in [-0.3, -0.25) is 4.79 Å². The molecule has 0 aromatic heterocycles. The van der Waals surface area contributed by atoms with E-state index in [0.29, 0.717) is 17.9 Å². The summed E-state index contributed by atoms with van der Waals surface area (Å²) in [7, 11) is 1.65. The number of carbonyl (C=O) groups is 2. The summed E-state index contributed by atoms with van der Waals surface area (Å²) in [6.07, 6.45) is 1.31. The average Bonchev–Trinajstić information content (AvgIpc) is 3.25. The average molecular weight is 383 g/mol. The minimum Gasteiger partial charge on any atom is -0.491 e. The molecule has 6 heteroatoms. The second-order valence-electron chi connectivity index (χ2n) is 6.75. The van der Waals surface area contributed by atoms with Crippen LogP contribution in [-0.2, 0) is 14.3 Å². The lowest BCUT2D eigenvalue weighted by Crippen LogP contribution is -2.37. The van der Waals surface area contributed by atoms with Gasteiger partial charge in [0.1, 0.15) is 12.4 Å². The largest absolute Gasteiger partial charge is 0.491 e. The molecule has 0 radical (unpaired) electrons. The Balaban J connectivity index is 1.52. The number of benzene rings is 2. The second-order valence-corrected chi connectivity index (χ2v) is 6.75. The quantitative estimate of drug-likeness (QED) is 0.685. The van der Waals surface area contributed by atoms with Crippen molar-refractivity contribution in [1.29, 1.82) is 0 Å². The fourth-order valence-corrected chi connectivity index (χ4v) is 2.98. The smallest absolute Gasteiger partial charge is 0.338 e. The first kappa shape index (κ1) is 19.9. The summed E-state index contributed by atoms with van der Waals surface area (Å²) in [6, 6.07) is 15.9. The van der Waals surface area contributed by atoms with E-state index in [9.17, 15) is 9.59 Å². The maximum Gasteiger partial charge on any atom is 0.338 e. The Morgan fingerprint density at radius 2 is 1.86 bits per heavy atom. The third-order valence-electron chi connectivity index (χ3n) is 4.66. The van der Waals surface area contributed by atoms with Gasteiger partial charge in [-0.2, -0.15) is 0 Å². The molecule has 6 nitrogen and oxygen atoms in total. The molecule has 0 spiro atoms. The van der Waals surface area contributed by atoms with Crippen molar-refractivity contribution in [3.8, 4) is 5.75 Å². The number of amides is 1. The van der Waals surface area contributed by atoms with Crippen LogP contribution in [0.5, 0.6) is 5.75 Å². The van der Waals surface area contributed by atoms with Gasteiger partial charge in [-0.05, 0) is 56.2 Å². The van der Waals surface area contributed by atoms with E-state index in [0.717, 1.165) is 25.1 Å². The van der Waals surface area contributed by atoms with Gasteiger partial charge in [0, 0.05) is 19.3 Å². The molecule has 1 saturated heterocycles. The van der Waals surface area contributed by atoms with Crippen LogP contribution in [0, 0.1) is 0 Å². The van der Waals surface area contributed by atoms with E-state index in [4.69, 9.17) is 14.2 Å². The lowest BCUT2D eigenvalue weighted by molar-refractivity contribution is -0.126. The summed E-state index contributed by atoms with van der Waals surface area (Å²) >= 11 is 0. The Morgan fingerprint density at radius 1 is 1.14 bits per heavy atom. The molecular formula is C22H25NO5. The monoisotopic (exact) mass is 383 g/mol. The van der Waals surface area contributed by atoms with Crippen molar-refractivity contribution in [2.75, 3.05) is 25.2 Å². The summed E-state index contributed by atoms with van der Waals surface area (Å²) < 4.78 is 16.5. The normalized spacial score (nSPS) is 17.0. The zero-order valence-corrected chi connectivity index (χ0v) is 16.2. The van der Waals surface area contributed by atoms with Crippen LogP contribution in [0.4, 0.5) is 5.69 Å². The lowest BCUT2D eigenvalue weighted by atomic mass is 10.2. The molecule has 0 aliphatic carbocycles. The van der Waals surface area contributed by atoms with Crippen LogP contribution in [0.15, 0.2) is 54.6 Å². The maximum absolute atomic E-state index is 12.5. The number of esters is 1. The molecule has 148 valence electrons. The van der Waals surface area contributed by atoms with Gasteiger partial charge in [0.2, 0.25) is 0 Å². The number of likely N-dealkylation sites (N-methyl/N-ethyl adjacent to an activating group) is 1. The zero-order chi connectivity index (χ0) is 19.9. The molecule has 2 aromatic carbocycles. The zero-order valence-electron chi connectivity index (χ0n) is 16.2. The van der Waals surface area contributed by atoms with Gasteiger partial charge >= 0.3 is 5.97 Å². The first-order valence-electron chi connectivity index (χ1n) is 9.42. The van der Waals surface area contributed by atoms with Gasteiger partial charge in [-0.25, -0.2) is 4.79 Å². The lowest BCUT2D eigenvalue weighted by Gasteiger charge is -2.21.